The van der Waals surface area contributed by atoms with Crippen LogP contribution in [0.2, 0.25) is 0 Å². The highest BCUT2D eigenvalue weighted by atomic mass is 19.1. The third kappa shape index (κ3) is 5.59. The van der Waals surface area contributed by atoms with Crippen molar-refractivity contribution in [2.45, 2.75) is 32.8 Å². The molecule has 0 radical (unpaired) electrons. The van der Waals surface area contributed by atoms with Crippen LogP contribution in [-0.4, -0.2) is 11.0 Å². The van der Waals surface area contributed by atoms with Gasteiger partial charge in [-0.15, -0.1) is 0 Å². The highest BCUT2D eigenvalue weighted by Gasteiger charge is 2.25. The molecule has 1 aliphatic carbocycles. The van der Waals surface area contributed by atoms with E-state index in [1.54, 1.807) is 18.2 Å². The van der Waals surface area contributed by atoms with E-state index < -0.39 is 46.4 Å². The van der Waals surface area contributed by atoms with Crippen molar-refractivity contribution in [3.63, 3.8) is 0 Å². The fourth-order valence-electron chi connectivity index (χ4n) is 4.69. The van der Waals surface area contributed by atoms with Gasteiger partial charge in [-0.1, -0.05) is 0 Å². The van der Waals surface area contributed by atoms with E-state index in [1.807, 2.05) is 0 Å². The van der Waals surface area contributed by atoms with Crippen LogP contribution in [-0.2, 0) is 6.61 Å². The molecule has 0 saturated carbocycles. The molecule has 0 atom stereocenters. The van der Waals surface area contributed by atoms with Crippen LogP contribution in [0.4, 0.5) is 22.0 Å². The second kappa shape index (κ2) is 11.3. The maximum atomic E-state index is 15.0. The summed E-state index contributed by atoms with van der Waals surface area (Å²) in [5.41, 5.74) is 2.85. The van der Waals surface area contributed by atoms with Crippen LogP contribution >= 0.6 is 0 Å². The van der Waals surface area contributed by atoms with Gasteiger partial charge in [0.1, 0.15) is 29.9 Å². The zero-order valence-corrected chi connectivity index (χ0v) is 21.2. The Bertz CT molecular complexity index is 1650. The molecule has 1 aliphatic rings. The second-order valence-corrected chi connectivity index (χ2v) is 9.31. The first kappa shape index (κ1) is 27.1. The van der Waals surface area contributed by atoms with Gasteiger partial charge in [0.2, 0.25) is 5.88 Å². The van der Waals surface area contributed by atoms with Crippen molar-refractivity contribution in [2.24, 2.45) is 0 Å². The van der Waals surface area contributed by atoms with Crippen molar-refractivity contribution in [1.82, 2.24) is 4.98 Å². The third-order valence-corrected chi connectivity index (χ3v) is 6.61. The number of rotatable bonds is 7. The van der Waals surface area contributed by atoms with E-state index in [0.717, 1.165) is 41.8 Å². The van der Waals surface area contributed by atoms with Crippen LogP contribution < -0.4 is 9.47 Å². The molecule has 4 aromatic rings. The van der Waals surface area contributed by atoms with Crippen LogP contribution in [0.25, 0.3) is 11.1 Å². The number of carbonyl (C=O) groups excluding carboxylic acids is 1. The van der Waals surface area contributed by atoms with Crippen molar-refractivity contribution < 1.29 is 36.2 Å². The number of aryl methyl sites for hydroxylation is 1. The minimum absolute atomic E-state index is 0.161. The van der Waals surface area contributed by atoms with Crippen LogP contribution in [0, 0.1) is 36.0 Å². The number of hydrogen-bond acceptors (Lipinski definition) is 4. The van der Waals surface area contributed by atoms with Crippen LogP contribution in [0.5, 0.6) is 11.6 Å². The summed E-state index contributed by atoms with van der Waals surface area (Å²) in [6.45, 7) is 1.32. The fourth-order valence-corrected chi connectivity index (χ4v) is 4.69. The summed E-state index contributed by atoms with van der Waals surface area (Å²) in [5.74, 6) is -5.59. The first-order chi connectivity index (χ1) is 19.2. The van der Waals surface area contributed by atoms with Gasteiger partial charge in [-0.05, 0) is 97.0 Å². The van der Waals surface area contributed by atoms with Crippen molar-refractivity contribution in [1.29, 1.82) is 0 Å². The summed E-state index contributed by atoms with van der Waals surface area (Å²) in [6, 6.07) is 12.1. The topological polar surface area (TPSA) is 48.4 Å². The summed E-state index contributed by atoms with van der Waals surface area (Å²) in [4.78, 5) is 17.1. The number of aromatic nitrogens is 1. The highest BCUT2D eigenvalue weighted by molar-refractivity contribution is 5.97. The lowest BCUT2D eigenvalue weighted by Gasteiger charge is -2.15. The standard InChI is InChI=1S/C31H22F5NO3/c1-17-12-19(13-25(29(17)36)31(38)40-28-10-9-21(33)15-27(28)35)22-4-2-5-23(22)24-6-3-11-37-30(24)39-16-18-7-8-20(32)14-26(18)34/h3,6-15H,2,4-5,16H2,1H3. The lowest BCUT2D eigenvalue weighted by atomic mass is 9.94. The van der Waals surface area contributed by atoms with Gasteiger partial charge in [0.15, 0.2) is 11.6 Å². The van der Waals surface area contributed by atoms with E-state index in [2.05, 4.69) is 4.98 Å². The molecule has 1 aromatic heterocycles. The smallest absolute Gasteiger partial charge is 0.346 e. The molecule has 9 heteroatoms. The molecule has 40 heavy (non-hydrogen) atoms. The number of halogens is 5. The molecule has 0 bridgehead atoms. The van der Waals surface area contributed by atoms with Crippen molar-refractivity contribution >= 4 is 17.1 Å². The van der Waals surface area contributed by atoms with Gasteiger partial charge in [0, 0.05) is 29.5 Å². The molecule has 5 rings (SSSR count). The predicted octanol–water partition coefficient (Wildman–Crippen LogP) is 7.98. The Morgan fingerprint density at radius 3 is 2.35 bits per heavy atom. The van der Waals surface area contributed by atoms with E-state index >= 15 is 4.39 Å². The molecule has 0 aliphatic heterocycles. The third-order valence-electron chi connectivity index (χ3n) is 6.61. The van der Waals surface area contributed by atoms with Crippen LogP contribution in [0.1, 0.15) is 51.9 Å². The van der Waals surface area contributed by atoms with E-state index in [-0.39, 0.29) is 23.6 Å². The van der Waals surface area contributed by atoms with Crippen molar-refractivity contribution in [2.75, 3.05) is 0 Å². The number of benzene rings is 3. The average Bonchev–Trinajstić information content (AvgIpc) is 3.41. The average molecular weight is 552 g/mol. The lowest BCUT2D eigenvalue weighted by molar-refractivity contribution is 0.0722. The molecule has 0 unspecified atom stereocenters. The lowest BCUT2D eigenvalue weighted by Crippen LogP contribution is -2.13. The molecule has 0 amide bonds. The van der Waals surface area contributed by atoms with Gasteiger partial charge in [-0.2, -0.15) is 0 Å². The molecule has 1 heterocycles. The Balaban J connectivity index is 1.48. The van der Waals surface area contributed by atoms with E-state index in [1.165, 1.54) is 25.3 Å². The molecule has 204 valence electrons. The first-order valence-corrected chi connectivity index (χ1v) is 12.4. The zero-order chi connectivity index (χ0) is 28.4. The summed E-state index contributed by atoms with van der Waals surface area (Å²) >= 11 is 0. The Hall–Kier alpha value is -4.53. The number of hydrogen-bond donors (Lipinski definition) is 0. The second-order valence-electron chi connectivity index (χ2n) is 9.31. The maximum Gasteiger partial charge on any atom is 0.346 e. The fraction of sp³-hybridized carbons (Fsp3) is 0.161. The van der Waals surface area contributed by atoms with E-state index in [9.17, 15) is 22.4 Å². The zero-order valence-electron chi connectivity index (χ0n) is 21.2. The number of pyridine rings is 1. The number of nitrogens with zero attached hydrogens (tertiary/aromatic N) is 1. The minimum atomic E-state index is -1.13. The van der Waals surface area contributed by atoms with Gasteiger partial charge < -0.3 is 9.47 Å². The minimum Gasteiger partial charge on any atom is -0.472 e. The largest absolute Gasteiger partial charge is 0.472 e. The Morgan fingerprint density at radius 1 is 0.875 bits per heavy atom. The quantitative estimate of drug-likeness (QED) is 0.133. The predicted molar refractivity (Wildman–Crippen MR) is 138 cm³/mol. The molecular formula is C31H22F5NO3. The molecule has 4 nitrogen and oxygen atoms in total. The number of allylic oxidation sites excluding steroid dienone is 2. The summed E-state index contributed by atoms with van der Waals surface area (Å²) < 4.78 is 80.6. The first-order valence-electron chi connectivity index (χ1n) is 12.4. The van der Waals surface area contributed by atoms with Crippen LogP contribution in [0.15, 0.2) is 66.9 Å². The van der Waals surface area contributed by atoms with E-state index in [4.69, 9.17) is 9.47 Å². The SMILES string of the molecule is Cc1cc(C2=C(c3cccnc3OCc3ccc(F)cc3F)CCC2)cc(C(=O)Oc2ccc(F)cc2F)c1F. The molecular weight excluding hydrogens is 529 g/mol. The van der Waals surface area contributed by atoms with Gasteiger partial charge in [-0.3, -0.25) is 0 Å². The molecule has 0 saturated heterocycles. The van der Waals surface area contributed by atoms with Gasteiger partial charge in [0.25, 0.3) is 0 Å². The Kier molecular flexibility index (Phi) is 7.64. The highest BCUT2D eigenvalue weighted by Crippen LogP contribution is 2.43. The molecule has 0 N–H and O–H groups in total. The molecule has 3 aromatic carbocycles. The van der Waals surface area contributed by atoms with Crippen LogP contribution in [0.3, 0.4) is 0 Å². The normalized spacial score (nSPS) is 13.1. The van der Waals surface area contributed by atoms with E-state index in [0.29, 0.717) is 30.0 Å². The molecule has 0 fully saturated rings. The number of esters is 1. The van der Waals surface area contributed by atoms with Crippen molar-refractivity contribution in [3.05, 3.63) is 124 Å². The monoisotopic (exact) mass is 551 g/mol. The van der Waals surface area contributed by atoms with Gasteiger partial charge in [-0.25, -0.2) is 31.7 Å². The maximum absolute atomic E-state index is 15.0. The molecule has 0 spiro atoms. The van der Waals surface area contributed by atoms with Crippen molar-refractivity contribution in [3.8, 4) is 11.6 Å². The number of ether oxygens (including phenoxy) is 2. The summed E-state index contributed by atoms with van der Waals surface area (Å²) in [7, 11) is 0. The number of carbonyl (C=O) groups is 1. The van der Waals surface area contributed by atoms with Gasteiger partial charge >= 0.3 is 5.97 Å². The summed E-state index contributed by atoms with van der Waals surface area (Å²) in [5, 5.41) is 0. The summed E-state index contributed by atoms with van der Waals surface area (Å²) in [6.07, 6.45) is 3.55. The van der Waals surface area contributed by atoms with Gasteiger partial charge in [0.05, 0.1) is 5.56 Å². The Morgan fingerprint density at radius 2 is 1.60 bits per heavy atom. The Labute approximate surface area is 226 Å².